The molecule has 1 fully saturated rings. The van der Waals surface area contributed by atoms with E-state index in [-0.39, 0.29) is 19.0 Å². The van der Waals surface area contributed by atoms with E-state index in [1.165, 1.54) is 10.6 Å². The molecule has 134 valence electrons. The normalized spacial score (nSPS) is 16.2. The molecule has 0 radical (unpaired) electrons. The first-order valence-corrected chi connectivity index (χ1v) is 9.65. The fraction of sp³-hybridized carbons (Fsp3) is 0.389. The summed E-state index contributed by atoms with van der Waals surface area (Å²) in [4.78, 5) is 14.4. The summed E-state index contributed by atoms with van der Waals surface area (Å²) in [7, 11) is -3.54. The molecule has 0 saturated carbocycles. The van der Waals surface area contributed by atoms with Gasteiger partial charge in [-0.25, -0.2) is 8.42 Å². The van der Waals surface area contributed by atoms with Gasteiger partial charge in [0, 0.05) is 31.7 Å². The van der Waals surface area contributed by atoms with E-state index in [1.807, 2.05) is 26.8 Å². The molecular weight excluding hydrogens is 340 g/mol. The molecular formula is C18H22N2O4S. The van der Waals surface area contributed by atoms with Gasteiger partial charge in [0.25, 0.3) is 5.91 Å². The SMILES string of the molecule is Cc1ccc(S(=O)(=O)N2CCN(C(=O)c3occc3C)CC2)cc1C. The van der Waals surface area contributed by atoms with Crippen molar-refractivity contribution in [1.29, 1.82) is 0 Å². The molecule has 25 heavy (non-hydrogen) atoms. The Morgan fingerprint density at radius 2 is 1.64 bits per heavy atom. The van der Waals surface area contributed by atoms with Gasteiger partial charge in [0.15, 0.2) is 5.76 Å². The van der Waals surface area contributed by atoms with Crippen molar-refractivity contribution >= 4 is 15.9 Å². The van der Waals surface area contributed by atoms with E-state index in [2.05, 4.69) is 0 Å². The molecule has 0 bridgehead atoms. The van der Waals surface area contributed by atoms with Crippen LogP contribution >= 0.6 is 0 Å². The highest BCUT2D eigenvalue weighted by atomic mass is 32.2. The summed E-state index contributed by atoms with van der Waals surface area (Å²) in [5, 5.41) is 0. The largest absolute Gasteiger partial charge is 0.459 e. The van der Waals surface area contributed by atoms with Crippen molar-refractivity contribution in [3.63, 3.8) is 0 Å². The molecule has 1 saturated heterocycles. The lowest BCUT2D eigenvalue weighted by Crippen LogP contribution is -2.50. The maximum Gasteiger partial charge on any atom is 0.289 e. The smallest absolute Gasteiger partial charge is 0.289 e. The van der Waals surface area contributed by atoms with E-state index >= 15 is 0 Å². The average molecular weight is 362 g/mol. The van der Waals surface area contributed by atoms with Crippen molar-refractivity contribution in [2.45, 2.75) is 25.7 Å². The average Bonchev–Trinajstić information content (AvgIpc) is 3.02. The van der Waals surface area contributed by atoms with E-state index < -0.39 is 10.0 Å². The monoisotopic (exact) mass is 362 g/mol. The van der Waals surface area contributed by atoms with E-state index in [9.17, 15) is 13.2 Å². The number of carbonyl (C=O) groups excluding carboxylic acids is 1. The second kappa shape index (κ2) is 6.65. The van der Waals surface area contributed by atoms with E-state index in [4.69, 9.17) is 4.42 Å². The standard InChI is InChI=1S/C18H22N2O4S/c1-13-4-5-16(12-15(13)3)25(22,23)20-9-7-19(8-10-20)18(21)17-14(2)6-11-24-17/h4-6,11-12H,7-10H2,1-3H3. The van der Waals surface area contributed by atoms with E-state index in [0.29, 0.717) is 23.7 Å². The summed E-state index contributed by atoms with van der Waals surface area (Å²) in [6, 6.07) is 6.91. The first-order chi connectivity index (χ1) is 11.8. The molecule has 1 amide bonds. The topological polar surface area (TPSA) is 70.8 Å². The zero-order valence-electron chi connectivity index (χ0n) is 14.7. The second-order valence-corrected chi connectivity index (χ2v) is 8.31. The van der Waals surface area contributed by atoms with Crippen LogP contribution < -0.4 is 0 Å². The van der Waals surface area contributed by atoms with Gasteiger partial charge < -0.3 is 9.32 Å². The Labute approximate surface area is 148 Å². The number of amides is 1. The number of benzene rings is 1. The fourth-order valence-electron chi connectivity index (χ4n) is 2.89. The Balaban J connectivity index is 1.72. The van der Waals surface area contributed by atoms with E-state index in [0.717, 1.165) is 16.7 Å². The number of piperazine rings is 1. The minimum atomic E-state index is -3.54. The van der Waals surface area contributed by atoms with Gasteiger partial charge in [0.1, 0.15) is 0 Å². The minimum Gasteiger partial charge on any atom is -0.459 e. The quantitative estimate of drug-likeness (QED) is 0.840. The van der Waals surface area contributed by atoms with Crippen LogP contribution in [0.2, 0.25) is 0 Å². The van der Waals surface area contributed by atoms with Crippen LogP contribution in [-0.4, -0.2) is 49.7 Å². The van der Waals surface area contributed by atoms with Crippen molar-refractivity contribution in [2.24, 2.45) is 0 Å². The third kappa shape index (κ3) is 3.34. The molecule has 0 aliphatic carbocycles. The number of rotatable bonds is 3. The summed E-state index contributed by atoms with van der Waals surface area (Å²) in [6.45, 7) is 6.92. The molecule has 0 N–H and O–H groups in total. The number of nitrogens with zero attached hydrogens (tertiary/aromatic N) is 2. The van der Waals surface area contributed by atoms with Gasteiger partial charge in [0.2, 0.25) is 10.0 Å². The zero-order chi connectivity index (χ0) is 18.2. The third-order valence-corrected chi connectivity index (χ3v) is 6.59. The number of hydrogen-bond acceptors (Lipinski definition) is 4. The molecule has 1 aliphatic rings. The van der Waals surface area contributed by atoms with Crippen LogP contribution in [0.4, 0.5) is 0 Å². The highest BCUT2D eigenvalue weighted by Crippen LogP contribution is 2.21. The van der Waals surface area contributed by atoms with Crippen molar-refractivity contribution in [3.8, 4) is 0 Å². The Morgan fingerprint density at radius 3 is 2.20 bits per heavy atom. The number of furan rings is 1. The van der Waals surface area contributed by atoms with Crippen LogP contribution in [0.3, 0.4) is 0 Å². The highest BCUT2D eigenvalue weighted by Gasteiger charge is 2.31. The Bertz CT molecular complexity index is 894. The number of sulfonamides is 1. The van der Waals surface area contributed by atoms with Crippen molar-refractivity contribution in [1.82, 2.24) is 9.21 Å². The molecule has 2 aromatic rings. The van der Waals surface area contributed by atoms with Gasteiger partial charge >= 0.3 is 0 Å². The molecule has 1 aromatic heterocycles. The van der Waals surface area contributed by atoms with Gasteiger partial charge in [-0.1, -0.05) is 6.07 Å². The second-order valence-electron chi connectivity index (χ2n) is 6.38. The minimum absolute atomic E-state index is 0.189. The molecule has 3 rings (SSSR count). The molecule has 2 heterocycles. The van der Waals surface area contributed by atoms with Gasteiger partial charge in [-0.15, -0.1) is 0 Å². The number of carbonyl (C=O) groups is 1. The first-order valence-electron chi connectivity index (χ1n) is 8.21. The predicted octanol–water partition coefficient (Wildman–Crippen LogP) is 2.35. The lowest BCUT2D eigenvalue weighted by Gasteiger charge is -2.33. The predicted molar refractivity (Wildman–Crippen MR) is 94.0 cm³/mol. The van der Waals surface area contributed by atoms with Crippen LogP contribution in [0.25, 0.3) is 0 Å². The van der Waals surface area contributed by atoms with Crippen molar-refractivity contribution in [3.05, 3.63) is 53.0 Å². The maximum absolute atomic E-state index is 12.8. The van der Waals surface area contributed by atoms with E-state index in [1.54, 1.807) is 23.1 Å². The summed E-state index contributed by atoms with van der Waals surface area (Å²) in [5.41, 5.74) is 2.79. The fourth-order valence-corrected chi connectivity index (χ4v) is 4.40. The van der Waals surface area contributed by atoms with Crippen LogP contribution in [0.15, 0.2) is 39.8 Å². The molecule has 1 aliphatic heterocycles. The molecule has 7 heteroatoms. The molecule has 6 nitrogen and oxygen atoms in total. The Hall–Kier alpha value is -2.12. The van der Waals surface area contributed by atoms with Crippen molar-refractivity contribution in [2.75, 3.05) is 26.2 Å². The Morgan fingerprint density at radius 1 is 0.960 bits per heavy atom. The lowest BCUT2D eigenvalue weighted by molar-refractivity contribution is 0.0665. The van der Waals surface area contributed by atoms with Gasteiger partial charge in [-0.2, -0.15) is 4.31 Å². The van der Waals surface area contributed by atoms with Gasteiger partial charge in [0.05, 0.1) is 11.2 Å². The summed E-state index contributed by atoms with van der Waals surface area (Å²) in [6.07, 6.45) is 1.49. The first kappa shape index (κ1) is 17.7. The third-order valence-electron chi connectivity index (χ3n) is 4.70. The maximum atomic E-state index is 12.8. The molecule has 0 spiro atoms. The molecule has 0 atom stereocenters. The zero-order valence-corrected chi connectivity index (χ0v) is 15.5. The number of aryl methyl sites for hydroxylation is 3. The van der Waals surface area contributed by atoms with Gasteiger partial charge in [-0.3, -0.25) is 4.79 Å². The summed E-state index contributed by atoms with van der Waals surface area (Å²) >= 11 is 0. The van der Waals surface area contributed by atoms with Crippen LogP contribution in [0, 0.1) is 20.8 Å². The molecule has 0 unspecified atom stereocenters. The highest BCUT2D eigenvalue weighted by molar-refractivity contribution is 7.89. The van der Waals surface area contributed by atoms with Crippen LogP contribution in [0.5, 0.6) is 0 Å². The van der Waals surface area contributed by atoms with Crippen LogP contribution in [0.1, 0.15) is 27.2 Å². The van der Waals surface area contributed by atoms with Crippen molar-refractivity contribution < 1.29 is 17.6 Å². The molecule has 1 aromatic carbocycles. The summed E-state index contributed by atoms with van der Waals surface area (Å²) < 4.78 is 32.3. The Kier molecular flexibility index (Phi) is 4.71. The van der Waals surface area contributed by atoms with Gasteiger partial charge in [-0.05, 0) is 50.1 Å². The lowest BCUT2D eigenvalue weighted by atomic mass is 10.1. The summed E-state index contributed by atoms with van der Waals surface area (Å²) in [5.74, 6) is 0.135. The number of hydrogen-bond donors (Lipinski definition) is 0. The van der Waals surface area contributed by atoms with Crippen LogP contribution in [-0.2, 0) is 10.0 Å².